The molecule has 0 bridgehead atoms. The molecule has 0 saturated carbocycles. The first kappa shape index (κ1) is 17.9. The molecule has 8 heteroatoms. The number of rotatable bonds is 2. The van der Waals surface area contributed by atoms with Crippen molar-refractivity contribution in [1.82, 2.24) is 19.4 Å². The fraction of sp³-hybridized carbons (Fsp3) is 0.381. The Bertz CT molecular complexity index is 1170. The number of aromatic amines is 1. The van der Waals surface area contributed by atoms with Gasteiger partial charge in [-0.15, -0.1) is 0 Å². The largest absolute Gasteiger partial charge is 0.350 e. The summed E-state index contributed by atoms with van der Waals surface area (Å²) in [6.45, 7) is 4.23. The Hall–Kier alpha value is -3.16. The van der Waals surface area contributed by atoms with Gasteiger partial charge in [0.05, 0.1) is 11.3 Å². The van der Waals surface area contributed by atoms with Crippen LogP contribution >= 0.6 is 0 Å². The predicted molar refractivity (Wildman–Crippen MR) is 108 cm³/mol. The van der Waals surface area contributed by atoms with Crippen LogP contribution in [0.4, 0.5) is 10.3 Å². The van der Waals surface area contributed by atoms with E-state index in [4.69, 9.17) is 0 Å². The zero-order valence-electron chi connectivity index (χ0n) is 16.4. The van der Waals surface area contributed by atoms with E-state index in [1.807, 2.05) is 51.9 Å². The second-order valence-corrected chi connectivity index (χ2v) is 8.10. The van der Waals surface area contributed by atoms with E-state index in [2.05, 4.69) is 9.97 Å². The molecule has 2 aromatic heterocycles. The summed E-state index contributed by atoms with van der Waals surface area (Å²) < 4.78 is 15.6. The number of fused-ring (bicyclic) bond motifs is 2. The van der Waals surface area contributed by atoms with Gasteiger partial charge >= 0.3 is 0 Å². The lowest BCUT2D eigenvalue weighted by atomic mass is 10.0. The molecule has 2 aliphatic rings. The first-order chi connectivity index (χ1) is 13.9. The van der Waals surface area contributed by atoms with E-state index in [0.29, 0.717) is 44.0 Å². The van der Waals surface area contributed by atoms with Gasteiger partial charge in [-0.25, -0.2) is 4.98 Å². The van der Waals surface area contributed by atoms with Crippen LogP contribution in [0.15, 0.2) is 35.3 Å². The summed E-state index contributed by atoms with van der Waals surface area (Å²) in [5, 5.41) is 0.974. The van der Waals surface area contributed by atoms with Crippen molar-refractivity contribution in [3.8, 4) is 0 Å². The van der Waals surface area contributed by atoms with E-state index < -0.39 is 11.4 Å². The van der Waals surface area contributed by atoms with E-state index in [1.165, 1.54) is 6.92 Å². The van der Waals surface area contributed by atoms with Crippen molar-refractivity contribution in [3.05, 3.63) is 57.9 Å². The standard InChI is InChI=1S/C21H22FN5O2/c1-12-18(22)19(28)24-21(23-12)27-9-13-7-26(8-14(13)10-27)20(29)16-11-25(2)17-6-4-3-5-15(16)17/h3-6,11,13-14H,7-10H2,1-2H3,(H,23,24,28). The zero-order chi connectivity index (χ0) is 20.3. The molecule has 2 saturated heterocycles. The van der Waals surface area contributed by atoms with Crippen LogP contribution in [0, 0.1) is 24.6 Å². The second kappa shape index (κ2) is 6.43. The van der Waals surface area contributed by atoms with Gasteiger partial charge in [0.25, 0.3) is 11.5 Å². The third kappa shape index (κ3) is 2.82. The van der Waals surface area contributed by atoms with Crippen LogP contribution in [0.2, 0.25) is 0 Å². The number of hydrogen-bond acceptors (Lipinski definition) is 4. The molecule has 150 valence electrons. The van der Waals surface area contributed by atoms with Crippen LogP contribution in [0.3, 0.4) is 0 Å². The molecule has 2 atom stereocenters. The van der Waals surface area contributed by atoms with Crippen LogP contribution < -0.4 is 10.5 Å². The Morgan fingerprint density at radius 3 is 2.55 bits per heavy atom. The predicted octanol–water partition coefficient (Wildman–Crippen LogP) is 1.92. The monoisotopic (exact) mass is 395 g/mol. The number of hydrogen-bond donors (Lipinski definition) is 1. The van der Waals surface area contributed by atoms with Gasteiger partial charge in [-0.2, -0.15) is 4.39 Å². The fourth-order valence-corrected chi connectivity index (χ4v) is 4.72. The lowest BCUT2D eigenvalue weighted by Crippen LogP contribution is -2.34. The van der Waals surface area contributed by atoms with E-state index in [9.17, 15) is 14.0 Å². The van der Waals surface area contributed by atoms with Crippen molar-refractivity contribution in [2.75, 3.05) is 31.1 Å². The van der Waals surface area contributed by atoms with Crippen molar-refractivity contribution < 1.29 is 9.18 Å². The highest BCUT2D eigenvalue weighted by Crippen LogP contribution is 2.34. The summed E-state index contributed by atoms with van der Waals surface area (Å²) in [6, 6.07) is 7.93. The first-order valence-corrected chi connectivity index (χ1v) is 9.77. The third-order valence-corrected chi connectivity index (χ3v) is 6.22. The lowest BCUT2D eigenvalue weighted by Gasteiger charge is -2.22. The maximum absolute atomic E-state index is 13.6. The highest BCUT2D eigenvalue weighted by atomic mass is 19.1. The van der Waals surface area contributed by atoms with Crippen molar-refractivity contribution in [2.45, 2.75) is 6.92 Å². The van der Waals surface area contributed by atoms with E-state index in [0.717, 1.165) is 16.5 Å². The number of nitrogens with zero attached hydrogens (tertiary/aromatic N) is 4. The van der Waals surface area contributed by atoms with Gasteiger partial charge in [0.15, 0.2) is 0 Å². The number of carbonyl (C=O) groups excluding carboxylic acids is 1. The molecule has 5 rings (SSSR count). The number of carbonyl (C=O) groups is 1. The van der Waals surface area contributed by atoms with Crippen molar-refractivity contribution >= 4 is 22.8 Å². The molecule has 4 heterocycles. The highest BCUT2D eigenvalue weighted by Gasteiger charge is 2.42. The fourth-order valence-electron chi connectivity index (χ4n) is 4.72. The number of H-pyrrole nitrogens is 1. The summed E-state index contributed by atoms with van der Waals surface area (Å²) in [4.78, 5) is 35.5. The third-order valence-electron chi connectivity index (χ3n) is 6.22. The summed E-state index contributed by atoms with van der Waals surface area (Å²) in [6.07, 6.45) is 1.91. The maximum atomic E-state index is 13.6. The van der Waals surface area contributed by atoms with E-state index in [1.54, 1.807) is 0 Å². The molecule has 2 unspecified atom stereocenters. The maximum Gasteiger partial charge on any atom is 0.288 e. The first-order valence-electron chi connectivity index (χ1n) is 9.77. The minimum atomic E-state index is -0.833. The summed E-state index contributed by atoms with van der Waals surface area (Å²) in [7, 11) is 1.95. The normalized spacial score (nSPS) is 21.2. The average Bonchev–Trinajstić information content (AvgIpc) is 3.37. The summed E-state index contributed by atoms with van der Waals surface area (Å²) in [5.41, 5.74) is 1.15. The number of amides is 1. The Labute approximate surface area is 166 Å². The van der Waals surface area contributed by atoms with Gasteiger partial charge in [0, 0.05) is 62.2 Å². The number of para-hydroxylation sites is 1. The quantitative estimate of drug-likeness (QED) is 0.720. The molecular weight excluding hydrogens is 373 g/mol. The topological polar surface area (TPSA) is 74.2 Å². The Morgan fingerprint density at radius 1 is 1.17 bits per heavy atom. The molecule has 1 amide bonds. The lowest BCUT2D eigenvalue weighted by molar-refractivity contribution is 0.0784. The minimum Gasteiger partial charge on any atom is -0.350 e. The Morgan fingerprint density at radius 2 is 1.86 bits per heavy atom. The second-order valence-electron chi connectivity index (χ2n) is 8.10. The van der Waals surface area contributed by atoms with Crippen LogP contribution in [0.5, 0.6) is 0 Å². The minimum absolute atomic E-state index is 0.0620. The SMILES string of the molecule is Cc1nc(N2CC3CN(C(=O)c4cn(C)c5ccccc45)CC3C2)[nH]c(=O)c1F. The zero-order valence-corrected chi connectivity index (χ0v) is 16.4. The van der Waals surface area contributed by atoms with Crippen LogP contribution in [0.1, 0.15) is 16.1 Å². The summed E-state index contributed by atoms with van der Waals surface area (Å²) >= 11 is 0. The van der Waals surface area contributed by atoms with Gasteiger partial charge in [-0.05, 0) is 13.0 Å². The number of aryl methyl sites for hydroxylation is 2. The van der Waals surface area contributed by atoms with Crippen molar-refractivity contribution in [2.24, 2.45) is 18.9 Å². The molecule has 7 nitrogen and oxygen atoms in total. The number of likely N-dealkylation sites (tertiary alicyclic amines) is 1. The molecule has 0 aliphatic carbocycles. The number of halogens is 1. The number of aromatic nitrogens is 3. The van der Waals surface area contributed by atoms with Gasteiger partial charge < -0.3 is 14.4 Å². The van der Waals surface area contributed by atoms with Gasteiger partial charge in [-0.3, -0.25) is 14.6 Å². The van der Waals surface area contributed by atoms with E-state index >= 15 is 0 Å². The average molecular weight is 395 g/mol. The number of nitrogens with one attached hydrogen (secondary N) is 1. The van der Waals surface area contributed by atoms with Crippen LogP contribution in [0.25, 0.3) is 10.9 Å². The molecule has 29 heavy (non-hydrogen) atoms. The molecule has 3 aromatic rings. The molecule has 0 spiro atoms. The van der Waals surface area contributed by atoms with E-state index in [-0.39, 0.29) is 11.6 Å². The van der Waals surface area contributed by atoms with Gasteiger partial charge in [0.2, 0.25) is 11.8 Å². The molecule has 1 N–H and O–H groups in total. The molecule has 2 fully saturated rings. The summed E-state index contributed by atoms with van der Waals surface area (Å²) in [5.74, 6) is 0.260. The number of anilines is 1. The molecule has 1 aromatic carbocycles. The Balaban J connectivity index is 1.33. The number of benzene rings is 1. The molecule has 2 aliphatic heterocycles. The van der Waals surface area contributed by atoms with Crippen LogP contribution in [-0.4, -0.2) is 51.5 Å². The van der Waals surface area contributed by atoms with Crippen LogP contribution in [-0.2, 0) is 7.05 Å². The van der Waals surface area contributed by atoms with Gasteiger partial charge in [-0.1, -0.05) is 18.2 Å². The highest BCUT2D eigenvalue weighted by molar-refractivity contribution is 6.07. The van der Waals surface area contributed by atoms with Crippen molar-refractivity contribution in [3.63, 3.8) is 0 Å². The van der Waals surface area contributed by atoms with Crippen molar-refractivity contribution in [1.29, 1.82) is 0 Å². The molecule has 0 radical (unpaired) electrons. The molecular formula is C21H22FN5O2. The Kier molecular flexibility index (Phi) is 3.97. The van der Waals surface area contributed by atoms with Gasteiger partial charge in [0.1, 0.15) is 0 Å². The smallest absolute Gasteiger partial charge is 0.288 e.